The van der Waals surface area contributed by atoms with Crippen LogP contribution >= 0.6 is 0 Å². The van der Waals surface area contributed by atoms with Crippen molar-refractivity contribution in [3.8, 4) is 0 Å². The quantitative estimate of drug-likeness (QED) is 0.0523. The average molecular weight is 556 g/mol. The zero-order valence-electron chi connectivity index (χ0n) is 22.9. The molecule has 12 N–H and O–H groups in total. The van der Waals surface area contributed by atoms with Crippen LogP contribution in [0.2, 0.25) is 0 Å². The van der Waals surface area contributed by atoms with Crippen LogP contribution in [0.1, 0.15) is 58.8 Å². The van der Waals surface area contributed by atoms with Crippen molar-refractivity contribution in [1.82, 2.24) is 20.9 Å². The predicted molar refractivity (Wildman–Crippen MR) is 145 cm³/mol. The van der Waals surface area contributed by atoms with Gasteiger partial charge in [-0.15, -0.1) is 0 Å². The molecule has 1 rings (SSSR count). The van der Waals surface area contributed by atoms with Gasteiger partial charge in [0.1, 0.15) is 18.1 Å². The van der Waals surface area contributed by atoms with E-state index >= 15 is 0 Å². The van der Waals surface area contributed by atoms with Crippen molar-refractivity contribution in [3.63, 3.8) is 0 Å². The summed E-state index contributed by atoms with van der Waals surface area (Å²) in [5.41, 5.74) is 21.9. The van der Waals surface area contributed by atoms with Gasteiger partial charge in [0, 0.05) is 13.1 Å². The van der Waals surface area contributed by atoms with Crippen molar-refractivity contribution in [1.29, 1.82) is 0 Å². The largest absolute Gasteiger partial charge is 0.480 e. The lowest BCUT2D eigenvalue weighted by Gasteiger charge is -2.30. The van der Waals surface area contributed by atoms with Gasteiger partial charge in [-0.1, -0.05) is 13.8 Å². The number of rotatable bonds is 17. The number of carbonyl (C=O) groups excluding carboxylic acids is 4. The Hall–Kier alpha value is -3.46. The highest BCUT2D eigenvalue weighted by Crippen LogP contribution is 2.20. The number of nitrogens with two attached hydrogens (primary N) is 4. The van der Waals surface area contributed by atoms with Crippen LogP contribution in [0.4, 0.5) is 0 Å². The van der Waals surface area contributed by atoms with Gasteiger partial charge in [0.15, 0.2) is 5.96 Å². The lowest BCUT2D eigenvalue weighted by molar-refractivity contribution is -0.145. The number of carboxylic acid groups (broad SMARTS) is 1. The van der Waals surface area contributed by atoms with Crippen molar-refractivity contribution in [2.45, 2.75) is 83.0 Å². The van der Waals surface area contributed by atoms with Gasteiger partial charge in [-0.25, -0.2) is 4.79 Å². The summed E-state index contributed by atoms with van der Waals surface area (Å²) in [5, 5.41) is 17.0. The summed E-state index contributed by atoms with van der Waals surface area (Å²) in [6, 6.07) is -3.73. The number of guanidine groups is 1. The fourth-order valence-electron chi connectivity index (χ4n) is 4.21. The predicted octanol–water partition coefficient (Wildman–Crippen LogP) is -2.69. The molecule has 4 atom stereocenters. The van der Waals surface area contributed by atoms with E-state index in [1.807, 2.05) is 0 Å². The summed E-state index contributed by atoms with van der Waals surface area (Å²) < 4.78 is 0. The number of aliphatic carboxylic acids is 1. The van der Waals surface area contributed by atoms with Crippen LogP contribution in [-0.2, 0) is 24.0 Å². The summed E-state index contributed by atoms with van der Waals surface area (Å²) in [4.78, 5) is 67.9. The van der Waals surface area contributed by atoms with Crippen molar-refractivity contribution < 1.29 is 29.1 Å². The molecule has 0 aromatic rings. The Morgan fingerprint density at radius 1 is 1.05 bits per heavy atom. The van der Waals surface area contributed by atoms with Gasteiger partial charge < -0.3 is 48.9 Å². The summed E-state index contributed by atoms with van der Waals surface area (Å²) in [6.45, 7) is 3.99. The normalized spacial score (nSPS) is 17.2. The topological polar surface area (TPSA) is 261 Å². The van der Waals surface area contributed by atoms with Crippen LogP contribution in [0.25, 0.3) is 0 Å². The summed E-state index contributed by atoms with van der Waals surface area (Å²) in [5.74, 6) is -3.67. The first-order valence-electron chi connectivity index (χ1n) is 13.3. The number of hydrogen-bond acceptors (Lipinski definition) is 8. The van der Waals surface area contributed by atoms with E-state index in [9.17, 15) is 29.1 Å². The Bertz CT molecular complexity index is 878. The van der Waals surface area contributed by atoms with Crippen molar-refractivity contribution in [2.75, 3.05) is 26.2 Å². The lowest BCUT2D eigenvalue weighted by atomic mass is 10.0. The maximum atomic E-state index is 13.4. The Morgan fingerprint density at radius 2 is 1.74 bits per heavy atom. The average Bonchev–Trinajstić information content (AvgIpc) is 3.36. The summed E-state index contributed by atoms with van der Waals surface area (Å²) in [7, 11) is 0. The molecule has 0 spiro atoms. The van der Waals surface area contributed by atoms with E-state index in [1.54, 1.807) is 13.8 Å². The van der Waals surface area contributed by atoms with E-state index in [1.165, 1.54) is 4.90 Å². The Kier molecular flexibility index (Phi) is 14.8. The van der Waals surface area contributed by atoms with Crippen LogP contribution in [0.3, 0.4) is 0 Å². The van der Waals surface area contributed by atoms with E-state index in [4.69, 9.17) is 22.9 Å². The van der Waals surface area contributed by atoms with Gasteiger partial charge >= 0.3 is 5.97 Å². The van der Waals surface area contributed by atoms with E-state index in [2.05, 4.69) is 20.9 Å². The van der Waals surface area contributed by atoms with E-state index in [0.717, 1.165) is 0 Å². The molecular weight excluding hydrogens is 510 g/mol. The number of nitrogens with one attached hydrogen (secondary N) is 3. The lowest BCUT2D eigenvalue weighted by Crippen LogP contribution is -2.56. The molecular formula is C24H45N9O6. The maximum absolute atomic E-state index is 13.4. The fourth-order valence-corrected chi connectivity index (χ4v) is 4.21. The standard InChI is InChI=1S/C24H45N9O6/c1-14(2)19(23(38)39)32-21(36)17-9-6-12-33(17)22(37)16(8-3-4-10-25)31-18(34)13-30-20(35)15(26)7-5-11-29-24(27)28/h14-17,19H,3-13,25-26H2,1-2H3,(H,30,35)(H,31,34)(H,32,36)(H,38,39)(H4,27,28,29). The number of aliphatic imine (C=N–C) groups is 1. The van der Waals surface area contributed by atoms with Crippen LogP contribution in [0.15, 0.2) is 4.99 Å². The van der Waals surface area contributed by atoms with Gasteiger partial charge in [-0.2, -0.15) is 0 Å². The fraction of sp³-hybridized carbons (Fsp3) is 0.750. The molecule has 39 heavy (non-hydrogen) atoms. The molecule has 0 aromatic heterocycles. The molecule has 1 fully saturated rings. The molecule has 1 aliphatic heterocycles. The zero-order chi connectivity index (χ0) is 29.5. The van der Waals surface area contributed by atoms with Crippen molar-refractivity contribution in [2.24, 2.45) is 33.8 Å². The van der Waals surface area contributed by atoms with Gasteiger partial charge in [-0.3, -0.25) is 24.2 Å². The summed E-state index contributed by atoms with van der Waals surface area (Å²) >= 11 is 0. The minimum Gasteiger partial charge on any atom is -0.480 e. The zero-order valence-corrected chi connectivity index (χ0v) is 22.9. The molecule has 0 bridgehead atoms. The van der Waals surface area contributed by atoms with Crippen LogP contribution in [-0.4, -0.2) is 95.9 Å². The highest BCUT2D eigenvalue weighted by Gasteiger charge is 2.39. The Balaban J connectivity index is 2.78. The minimum absolute atomic E-state index is 0.0545. The number of hydrogen-bond donors (Lipinski definition) is 8. The maximum Gasteiger partial charge on any atom is 0.326 e. The molecule has 1 heterocycles. The molecule has 0 aliphatic carbocycles. The highest BCUT2D eigenvalue weighted by atomic mass is 16.4. The number of carboxylic acids is 1. The van der Waals surface area contributed by atoms with Gasteiger partial charge in [-0.05, 0) is 57.4 Å². The van der Waals surface area contributed by atoms with E-state index in [0.29, 0.717) is 58.2 Å². The molecule has 0 aromatic carbocycles. The molecule has 15 heteroatoms. The first-order valence-corrected chi connectivity index (χ1v) is 13.3. The van der Waals surface area contributed by atoms with E-state index < -0.39 is 53.8 Å². The Morgan fingerprint density at radius 3 is 2.33 bits per heavy atom. The van der Waals surface area contributed by atoms with Crippen LogP contribution in [0, 0.1) is 5.92 Å². The monoisotopic (exact) mass is 555 g/mol. The first-order chi connectivity index (χ1) is 18.4. The van der Waals surface area contributed by atoms with Crippen molar-refractivity contribution in [3.05, 3.63) is 0 Å². The second kappa shape index (κ2) is 17.2. The SMILES string of the molecule is CC(C)C(NC(=O)C1CCCN1C(=O)C(CCCCN)NC(=O)CNC(=O)C(N)CCCN=C(N)N)C(=O)O. The molecule has 0 saturated carbocycles. The molecule has 1 aliphatic rings. The molecule has 1 saturated heterocycles. The minimum atomic E-state index is -1.16. The second-order valence-electron chi connectivity index (χ2n) is 9.94. The van der Waals surface area contributed by atoms with Crippen LogP contribution in [0.5, 0.6) is 0 Å². The molecule has 222 valence electrons. The van der Waals surface area contributed by atoms with Crippen LogP contribution < -0.4 is 38.9 Å². The van der Waals surface area contributed by atoms with Gasteiger partial charge in [0.2, 0.25) is 23.6 Å². The number of likely N-dealkylation sites (tertiary alicyclic amines) is 1. The number of nitrogens with zero attached hydrogens (tertiary/aromatic N) is 2. The first kappa shape index (κ1) is 33.6. The third-order valence-electron chi connectivity index (χ3n) is 6.38. The number of carbonyl (C=O) groups is 5. The third-order valence-corrected chi connectivity index (χ3v) is 6.38. The molecule has 15 nitrogen and oxygen atoms in total. The highest BCUT2D eigenvalue weighted by molar-refractivity contribution is 5.94. The second-order valence-corrected chi connectivity index (χ2v) is 9.94. The van der Waals surface area contributed by atoms with Gasteiger partial charge in [0.05, 0.1) is 12.6 Å². The third kappa shape index (κ3) is 11.9. The van der Waals surface area contributed by atoms with Gasteiger partial charge in [0.25, 0.3) is 0 Å². The smallest absolute Gasteiger partial charge is 0.326 e. The van der Waals surface area contributed by atoms with Crippen molar-refractivity contribution >= 4 is 35.6 Å². The number of unbranched alkanes of at least 4 members (excludes halogenated alkanes) is 1. The molecule has 4 unspecified atom stereocenters. The Labute approximate surface area is 228 Å². The number of amides is 4. The van der Waals surface area contributed by atoms with E-state index in [-0.39, 0.29) is 24.8 Å². The summed E-state index contributed by atoms with van der Waals surface area (Å²) in [6.07, 6.45) is 3.19. The molecule has 4 amide bonds. The molecule has 0 radical (unpaired) electrons.